The van der Waals surface area contributed by atoms with Gasteiger partial charge in [0.05, 0.1) is 7.11 Å². The van der Waals surface area contributed by atoms with E-state index in [-0.39, 0.29) is 11.7 Å². The van der Waals surface area contributed by atoms with Crippen molar-refractivity contribution in [3.8, 4) is 17.0 Å². The summed E-state index contributed by atoms with van der Waals surface area (Å²) in [6, 6.07) is 4.48. The van der Waals surface area contributed by atoms with Gasteiger partial charge in [0.25, 0.3) is 0 Å². The van der Waals surface area contributed by atoms with Crippen molar-refractivity contribution in [3.63, 3.8) is 0 Å². The maximum atomic E-state index is 13.4. The van der Waals surface area contributed by atoms with Gasteiger partial charge in [0.15, 0.2) is 0 Å². The summed E-state index contributed by atoms with van der Waals surface area (Å²) >= 11 is 0. The molecule has 0 unspecified atom stereocenters. The van der Waals surface area contributed by atoms with Crippen molar-refractivity contribution in [2.24, 2.45) is 0 Å². The summed E-state index contributed by atoms with van der Waals surface area (Å²) in [7, 11) is 1.51. The van der Waals surface area contributed by atoms with Gasteiger partial charge in [-0.3, -0.25) is 0 Å². The Kier molecular flexibility index (Phi) is 2.52. The SMILES string of the molecule is COc1cc(C)c(F)cc1-c1cc(N)on1. The Morgan fingerprint density at radius 2 is 2.12 bits per heavy atom. The molecule has 0 aliphatic carbocycles. The van der Waals surface area contributed by atoms with Crippen LogP contribution in [-0.2, 0) is 0 Å². The largest absolute Gasteiger partial charge is 0.496 e. The van der Waals surface area contributed by atoms with E-state index in [1.807, 2.05) is 0 Å². The summed E-state index contributed by atoms with van der Waals surface area (Å²) in [5.41, 5.74) is 6.89. The van der Waals surface area contributed by atoms with Gasteiger partial charge in [-0.05, 0) is 24.6 Å². The first-order valence-electron chi connectivity index (χ1n) is 4.68. The van der Waals surface area contributed by atoms with Crippen molar-refractivity contribution in [1.82, 2.24) is 5.16 Å². The molecular weight excluding hydrogens is 211 g/mol. The third kappa shape index (κ3) is 1.71. The molecule has 0 amide bonds. The third-order valence-corrected chi connectivity index (χ3v) is 2.29. The predicted molar refractivity (Wildman–Crippen MR) is 57.6 cm³/mol. The lowest BCUT2D eigenvalue weighted by Crippen LogP contribution is -1.92. The van der Waals surface area contributed by atoms with E-state index in [9.17, 15) is 4.39 Å². The number of nitrogens with two attached hydrogens (primary N) is 1. The van der Waals surface area contributed by atoms with E-state index in [0.717, 1.165) is 0 Å². The van der Waals surface area contributed by atoms with Crippen molar-refractivity contribution >= 4 is 5.88 Å². The van der Waals surface area contributed by atoms with Gasteiger partial charge in [-0.25, -0.2) is 4.39 Å². The van der Waals surface area contributed by atoms with Gasteiger partial charge in [-0.15, -0.1) is 0 Å². The van der Waals surface area contributed by atoms with Crippen LogP contribution in [0.25, 0.3) is 11.3 Å². The number of halogens is 1. The summed E-state index contributed by atoms with van der Waals surface area (Å²) in [5, 5.41) is 3.72. The Labute approximate surface area is 91.8 Å². The molecule has 1 aromatic heterocycles. The molecule has 0 aliphatic rings. The first-order chi connectivity index (χ1) is 7.61. The summed E-state index contributed by atoms with van der Waals surface area (Å²) in [6.45, 7) is 1.67. The molecule has 0 bridgehead atoms. The number of anilines is 1. The Hall–Kier alpha value is -2.04. The Morgan fingerprint density at radius 1 is 1.38 bits per heavy atom. The van der Waals surface area contributed by atoms with Crippen LogP contribution in [0.1, 0.15) is 5.56 Å². The number of hydrogen-bond donors (Lipinski definition) is 1. The number of benzene rings is 1. The molecule has 5 heteroatoms. The molecule has 2 N–H and O–H groups in total. The summed E-state index contributed by atoms with van der Waals surface area (Å²) in [6.07, 6.45) is 0. The Bertz CT molecular complexity index is 523. The second kappa shape index (κ2) is 3.84. The standard InChI is InChI=1S/C11H11FN2O2/c1-6-3-10(15-2)7(4-8(6)12)9-5-11(13)16-14-9/h3-5H,13H2,1-2H3. The normalized spacial score (nSPS) is 10.4. The molecule has 4 nitrogen and oxygen atoms in total. The minimum atomic E-state index is -0.322. The molecule has 2 aromatic rings. The summed E-state index contributed by atoms with van der Waals surface area (Å²) < 4.78 is 23.3. The molecule has 0 radical (unpaired) electrons. The molecule has 0 atom stereocenters. The zero-order chi connectivity index (χ0) is 11.7. The lowest BCUT2D eigenvalue weighted by atomic mass is 10.1. The van der Waals surface area contributed by atoms with E-state index < -0.39 is 0 Å². The average molecular weight is 222 g/mol. The highest BCUT2D eigenvalue weighted by molar-refractivity contribution is 5.69. The van der Waals surface area contributed by atoms with E-state index in [1.165, 1.54) is 19.2 Å². The van der Waals surface area contributed by atoms with Gasteiger partial charge in [-0.1, -0.05) is 5.16 Å². The van der Waals surface area contributed by atoms with E-state index >= 15 is 0 Å². The van der Waals surface area contributed by atoms with Crippen LogP contribution in [-0.4, -0.2) is 12.3 Å². The maximum absolute atomic E-state index is 13.4. The highest BCUT2D eigenvalue weighted by Gasteiger charge is 2.13. The van der Waals surface area contributed by atoms with Gasteiger partial charge >= 0.3 is 0 Å². The van der Waals surface area contributed by atoms with E-state index in [4.69, 9.17) is 15.0 Å². The third-order valence-electron chi connectivity index (χ3n) is 2.29. The topological polar surface area (TPSA) is 61.3 Å². The van der Waals surface area contributed by atoms with Crippen LogP contribution in [0.3, 0.4) is 0 Å². The van der Waals surface area contributed by atoms with Gasteiger partial charge in [0, 0.05) is 11.6 Å². The molecule has 0 fully saturated rings. The second-order valence-corrected chi connectivity index (χ2v) is 3.42. The Balaban J connectivity index is 2.59. The first-order valence-corrected chi connectivity index (χ1v) is 4.68. The van der Waals surface area contributed by atoms with Crippen LogP contribution < -0.4 is 10.5 Å². The molecule has 84 valence electrons. The maximum Gasteiger partial charge on any atom is 0.222 e. The van der Waals surface area contributed by atoms with Crippen molar-refractivity contribution in [3.05, 3.63) is 29.6 Å². The van der Waals surface area contributed by atoms with Crippen molar-refractivity contribution in [1.29, 1.82) is 0 Å². The number of aryl methyl sites for hydroxylation is 1. The fourth-order valence-corrected chi connectivity index (χ4v) is 1.44. The van der Waals surface area contributed by atoms with Crippen molar-refractivity contribution in [2.75, 3.05) is 12.8 Å². The number of nitrogen functional groups attached to an aromatic ring is 1. The molecule has 0 aliphatic heterocycles. The molecule has 0 saturated carbocycles. The number of ether oxygens (including phenoxy) is 1. The first kappa shape index (κ1) is 10.5. The predicted octanol–water partition coefficient (Wildman–Crippen LogP) is 2.38. The molecule has 0 spiro atoms. The van der Waals surface area contributed by atoms with E-state index in [0.29, 0.717) is 22.6 Å². The Morgan fingerprint density at radius 3 is 2.69 bits per heavy atom. The number of hydrogen-bond acceptors (Lipinski definition) is 4. The highest BCUT2D eigenvalue weighted by atomic mass is 19.1. The van der Waals surface area contributed by atoms with Gasteiger partial charge in [0.2, 0.25) is 5.88 Å². The lowest BCUT2D eigenvalue weighted by molar-refractivity contribution is 0.412. The fraction of sp³-hybridized carbons (Fsp3) is 0.182. The minimum absolute atomic E-state index is 0.179. The number of nitrogens with zero attached hydrogens (tertiary/aromatic N) is 1. The molecule has 2 rings (SSSR count). The lowest BCUT2D eigenvalue weighted by Gasteiger charge is -2.07. The van der Waals surface area contributed by atoms with Crippen LogP contribution in [0.2, 0.25) is 0 Å². The van der Waals surface area contributed by atoms with Crippen molar-refractivity contribution < 1.29 is 13.7 Å². The van der Waals surface area contributed by atoms with Crippen LogP contribution in [0.4, 0.5) is 10.3 Å². The van der Waals surface area contributed by atoms with Crippen LogP contribution >= 0.6 is 0 Å². The van der Waals surface area contributed by atoms with Gasteiger partial charge < -0.3 is 15.0 Å². The summed E-state index contributed by atoms with van der Waals surface area (Å²) in [4.78, 5) is 0. The minimum Gasteiger partial charge on any atom is -0.496 e. The quantitative estimate of drug-likeness (QED) is 0.847. The zero-order valence-electron chi connectivity index (χ0n) is 8.95. The molecule has 1 heterocycles. The zero-order valence-corrected chi connectivity index (χ0v) is 8.95. The summed E-state index contributed by atoms with van der Waals surface area (Å²) in [5.74, 6) is 0.391. The monoisotopic (exact) mass is 222 g/mol. The van der Waals surface area contributed by atoms with E-state index in [2.05, 4.69) is 5.16 Å². The molecule has 16 heavy (non-hydrogen) atoms. The van der Waals surface area contributed by atoms with E-state index in [1.54, 1.807) is 13.0 Å². The number of rotatable bonds is 2. The fourth-order valence-electron chi connectivity index (χ4n) is 1.44. The van der Waals surface area contributed by atoms with Crippen LogP contribution in [0, 0.1) is 12.7 Å². The molecule has 1 aromatic carbocycles. The average Bonchev–Trinajstić information content (AvgIpc) is 2.68. The molecular formula is C11H11FN2O2. The van der Waals surface area contributed by atoms with Gasteiger partial charge in [0.1, 0.15) is 17.3 Å². The van der Waals surface area contributed by atoms with Gasteiger partial charge in [-0.2, -0.15) is 0 Å². The second-order valence-electron chi connectivity index (χ2n) is 3.42. The van der Waals surface area contributed by atoms with Crippen LogP contribution in [0.5, 0.6) is 5.75 Å². The van der Waals surface area contributed by atoms with Crippen LogP contribution in [0.15, 0.2) is 22.7 Å². The molecule has 0 saturated heterocycles. The van der Waals surface area contributed by atoms with Crippen molar-refractivity contribution in [2.45, 2.75) is 6.92 Å². The highest BCUT2D eigenvalue weighted by Crippen LogP contribution is 2.32. The number of methoxy groups -OCH3 is 1. The smallest absolute Gasteiger partial charge is 0.222 e. The number of aromatic nitrogens is 1.